The normalized spacial score (nSPS) is 13.5. The van der Waals surface area contributed by atoms with Gasteiger partial charge < -0.3 is 9.67 Å². The van der Waals surface area contributed by atoms with Gasteiger partial charge in [0.2, 0.25) is 0 Å². The zero-order chi connectivity index (χ0) is 12.6. The molecule has 0 spiro atoms. The van der Waals surface area contributed by atoms with Crippen LogP contribution in [0.3, 0.4) is 0 Å². The van der Waals surface area contributed by atoms with Gasteiger partial charge >= 0.3 is 0 Å². The van der Waals surface area contributed by atoms with Crippen molar-refractivity contribution in [2.75, 3.05) is 6.61 Å². The lowest BCUT2D eigenvalue weighted by molar-refractivity contribution is 0.273. The van der Waals surface area contributed by atoms with Gasteiger partial charge in [-0.05, 0) is 38.0 Å². The molecule has 2 aromatic rings. The van der Waals surface area contributed by atoms with Crippen LogP contribution in [-0.2, 0) is 0 Å². The zero-order valence-electron chi connectivity index (χ0n) is 11.1. The Morgan fingerprint density at radius 3 is 2.53 bits per heavy atom. The first-order valence-corrected chi connectivity index (χ1v) is 6.26. The van der Waals surface area contributed by atoms with Crippen LogP contribution in [0.1, 0.15) is 43.9 Å². The van der Waals surface area contributed by atoms with Crippen molar-refractivity contribution in [2.45, 2.75) is 39.7 Å². The summed E-state index contributed by atoms with van der Waals surface area (Å²) in [5, 5.41) is 10.6. The fraction of sp³-hybridized carbons (Fsp3) is 0.467. The Morgan fingerprint density at radius 1 is 1.24 bits per heavy atom. The average molecular weight is 231 g/mol. The summed E-state index contributed by atoms with van der Waals surface area (Å²) in [5.41, 5.74) is 3.80. The molecule has 2 nitrogen and oxygen atoms in total. The standard InChI is InChI=1S/C15H21NO/c1-10(2)16-8-14(12(4)9-17)13-6-5-11(3)7-15(13)16/h5-8,10,12,17H,9H2,1-4H3. The molecule has 0 saturated carbocycles. The Balaban J connectivity index is 2.70. The molecular weight excluding hydrogens is 210 g/mol. The number of aromatic nitrogens is 1. The van der Waals surface area contributed by atoms with E-state index in [0.717, 1.165) is 0 Å². The largest absolute Gasteiger partial charge is 0.396 e. The first-order valence-electron chi connectivity index (χ1n) is 6.26. The molecular formula is C15H21NO. The van der Waals surface area contributed by atoms with E-state index in [0.29, 0.717) is 6.04 Å². The third-order valence-electron chi connectivity index (χ3n) is 3.38. The number of hydrogen-bond acceptors (Lipinski definition) is 1. The van der Waals surface area contributed by atoms with Gasteiger partial charge in [0.15, 0.2) is 0 Å². The molecule has 92 valence electrons. The maximum Gasteiger partial charge on any atom is 0.0497 e. The van der Waals surface area contributed by atoms with E-state index >= 15 is 0 Å². The van der Waals surface area contributed by atoms with E-state index in [-0.39, 0.29) is 12.5 Å². The summed E-state index contributed by atoms with van der Waals surface area (Å²) in [6.07, 6.45) is 2.19. The number of hydrogen-bond donors (Lipinski definition) is 1. The van der Waals surface area contributed by atoms with Gasteiger partial charge in [-0.15, -0.1) is 0 Å². The van der Waals surface area contributed by atoms with Gasteiger partial charge in [-0.2, -0.15) is 0 Å². The number of fused-ring (bicyclic) bond motifs is 1. The molecule has 17 heavy (non-hydrogen) atoms. The van der Waals surface area contributed by atoms with Crippen molar-refractivity contribution >= 4 is 10.9 Å². The Hall–Kier alpha value is -1.28. The Kier molecular flexibility index (Phi) is 3.25. The fourth-order valence-electron chi connectivity index (χ4n) is 2.31. The minimum absolute atomic E-state index is 0.195. The molecule has 1 N–H and O–H groups in total. The summed E-state index contributed by atoms with van der Waals surface area (Å²) in [6, 6.07) is 6.98. The second-order valence-electron chi connectivity index (χ2n) is 5.19. The lowest BCUT2D eigenvalue weighted by Crippen LogP contribution is -2.00. The van der Waals surface area contributed by atoms with Crippen LogP contribution in [0.2, 0.25) is 0 Å². The maximum absolute atomic E-state index is 9.34. The number of rotatable bonds is 3. The van der Waals surface area contributed by atoms with Crippen LogP contribution in [-0.4, -0.2) is 16.3 Å². The van der Waals surface area contributed by atoms with Gasteiger partial charge in [-0.25, -0.2) is 0 Å². The van der Waals surface area contributed by atoms with Crippen LogP contribution in [0.5, 0.6) is 0 Å². The Labute approximate surface area is 103 Å². The van der Waals surface area contributed by atoms with Crippen LogP contribution in [0.25, 0.3) is 10.9 Å². The number of benzene rings is 1. The lowest BCUT2D eigenvalue weighted by Gasteiger charge is -2.09. The summed E-state index contributed by atoms with van der Waals surface area (Å²) in [7, 11) is 0. The van der Waals surface area contributed by atoms with E-state index < -0.39 is 0 Å². The predicted molar refractivity (Wildman–Crippen MR) is 72.6 cm³/mol. The summed E-state index contributed by atoms with van der Waals surface area (Å²) in [6.45, 7) is 8.76. The summed E-state index contributed by atoms with van der Waals surface area (Å²) in [4.78, 5) is 0. The number of aryl methyl sites for hydroxylation is 1. The van der Waals surface area contributed by atoms with Crippen molar-refractivity contribution in [1.82, 2.24) is 4.57 Å². The molecule has 1 aromatic heterocycles. The van der Waals surface area contributed by atoms with Gasteiger partial charge in [-0.1, -0.05) is 19.1 Å². The van der Waals surface area contributed by atoms with Crippen LogP contribution >= 0.6 is 0 Å². The molecule has 2 rings (SSSR count). The minimum atomic E-state index is 0.195. The van der Waals surface area contributed by atoms with Crippen molar-refractivity contribution in [2.24, 2.45) is 0 Å². The molecule has 0 saturated heterocycles. The van der Waals surface area contributed by atoms with Crippen LogP contribution in [0.4, 0.5) is 0 Å². The molecule has 0 aliphatic carbocycles. The molecule has 1 aromatic carbocycles. The second-order valence-corrected chi connectivity index (χ2v) is 5.19. The summed E-state index contributed by atoms with van der Waals surface area (Å²) >= 11 is 0. The number of nitrogens with zero attached hydrogens (tertiary/aromatic N) is 1. The molecule has 0 radical (unpaired) electrons. The van der Waals surface area contributed by atoms with Gasteiger partial charge in [0.25, 0.3) is 0 Å². The molecule has 0 fully saturated rings. The highest BCUT2D eigenvalue weighted by Crippen LogP contribution is 2.30. The molecule has 1 unspecified atom stereocenters. The highest BCUT2D eigenvalue weighted by Gasteiger charge is 2.14. The van der Waals surface area contributed by atoms with Crippen LogP contribution in [0.15, 0.2) is 24.4 Å². The first-order chi connectivity index (χ1) is 8.04. The Morgan fingerprint density at radius 2 is 1.94 bits per heavy atom. The van der Waals surface area contributed by atoms with E-state index in [4.69, 9.17) is 0 Å². The SMILES string of the molecule is Cc1ccc2c(C(C)CO)cn(C(C)C)c2c1. The van der Waals surface area contributed by atoms with E-state index in [1.807, 2.05) is 0 Å². The smallest absolute Gasteiger partial charge is 0.0497 e. The molecule has 0 amide bonds. The van der Waals surface area contributed by atoms with E-state index in [1.54, 1.807) is 0 Å². The quantitative estimate of drug-likeness (QED) is 0.857. The van der Waals surface area contributed by atoms with Gasteiger partial charge in [0.05, 0.1) is 0 Å². The van der Waals surface area contributed by atoms with Gasteiger partial charge in [0.1, 0.15) is 0 Å². The highest BCUT2D eigenvalue weighted by atomic mass is 16.3. The summed E-state index contributed by atoms with van der Waals surface area (Å²) in [5.74, 6) is 0.195. The van der Waals surface area contributed by atoms with E-state index in [9.17, 15) is 5.11 Å². The average Bonchev–Trinajstić information content (AvgIpc) is 2.66. The third-order valence-corrected chi connectivity index (χ3v) is 3.38. The van der Waals surface area contributed by atoms with Gasteiger partial charge in [-0.3, -0.25) is 0 Å². The Bertz CT molecular complexity index is 525. The molecule has 0 aliphatic heterocycles. The van der Waals surface area contributed by atoms with Gasteiger partial charge in [0, 0.05) is 35.7 Å². The van der Waals surface area contributed by atoms with Crippen molar-refractivity contribution < 1.29 is 5.11 Å². The van der Waals surface area contributed by atoms with Crippen molar-refractivity contribution in [3.8, 4) is 0 Å². The molecule has 1 atom stereocenters. The zero-order valence-corrected chi connectivity index (χ0v) is 11.1. The molecule has 0 bridgehead atoms. The molecule has 2 heteroatoms. The van der Waals surface area contributed by atoms with E-state index in [1.165, 1.54) is 22.0 Å². The minimum Gasteiger partial charge on any atom is -0.396 e. The number of aliphatic hydroxyl groups is 1. The first kappa shape index (κ1) is 12.2. The lowest BCUT2D eigenvalue weighted by atomic mass is 10.0. The predicted octanol–water partition coefficient (Wildman–Crippen LogP) is 3.63. The monoisotopic (exact) mass is 231 g/mol. The van der Waals surface area contributed by atoms with Crippen LogP contribution in [0, 0.1) is 6.92 Å². The summed E-state index contributed by atoms with van der Waals surface area (Å²) < 4.78 is 2.30. The van der Waals surface area contributed by atoms with Crippen molar-refractivity contribution in [3.05, 3.63) is 35.5 Å². The number of aliphatic hydroxyl groups excluding tert-OH is 1. The topological polar surface area (TPSA) is 25.2 Å². The van der Waals surface area contributed by atoms with Crippen molar-refractivity contribution in [1.29, 1.82) is 0 Å². The third kappa shape index (κ3) is 2.09. The molecule has 1 heterocycles. The highest BCUT2D eigenvalue weighted by molar-refractivity contribution is 5.85. The second kappa shape index (κ2) is 4.53. The van der Waals surface area contributed by atoms with Crippen molar-refractivity contribution in [3.63, 3.8) is 0 Å². The van der Waals surface area contributed by atoms with E-state index in [2.05, 4.69) is 56.7 Å². The maximum atomic E-state index is 9.34. The fourth-order valence-corrected chi connectivity index (χ4v) is 2.31. The molecule has 0 aliphatic rings. The van der Waals surface area contributed by atoms with Crippen LogP contribution < -0.4 is 0 Å².